The fourth-order valence-corrected chi connectivity index (χ4v) is 3.64. The molecule has 2 fully saturated rings. The van der Waals surface area contributed by atoms with Crippen LogP contribution < -0.4 is 10.6 Å². The number of rotatable bonds is 5. The van der Waals surface area contributed by atoms with Gasteiger partial charge < -0.3 is 15.4 Å². The number of hydrogen-bond acceptors (Lipinski definition) is 4. The molecule has 122 valence electrons. The van der Waals surface area contributed by atoms with Crippen molar-refractivity contribution in [3.8, 4) is 0 Å². The van der Waals surface area contributed by atoms with E-state index in [0.29, 0.717) is 17.5 Å². The van der Waals surface area contributed by atoms with Gasteiger partial charge in [0.25, 0.3) is 0 Å². The van der Waals surface area contributed by atoms with Crippen molar-refractivity contribution in [3.05, 3.63) is 0 Å². The lowest BCUT2D eigenvalue weighted by atomic mass is 9.83. The predicted octanol–water partition coefficient (Wildman–Crippen LogP) is 3.17. The van der Waals surface area contributed by atoms with Crippen LogP contribution in [0.4, 0.5) is 4.79 Å². The lowest BCUT2D eigenvalue weighted by Gasteiger charge is -2.30. The standard InChI is InChI=1S/C16H30N2O2S/c1-15(2,3)20-14(19)18-13-11-16(13)7-5-12(6-8-16)17-9-10-21-4/h12-13,17H,5-11H2,1-4H3,(H,18,19). The Hall–Kier alpha value is -0.420. The van der Waals surface area contributed by atoms with Crippen LogP contribution >= 0.6 is 11.8 Å². The molecular formula is C16H30N2O2S. The molecule has 0 aromatic heterocycles. The Bertz CT molecular complexity index is 360. The first-order valence-electron chi connectivity index (χ1n) is 8.06. The summed E-state index contributed by atoms with van der Waals surface area (Å²) in [6, 6.07) is 1.00. The highest BCUT2D eigenvalue weighted by atomic mass is 32.2. The second-order valence-corrected chi connectivity index (χ2v) is 8.47. The molecule has 0 saturated heterocycles. The highest BCUT2D eigenvalue weighted by molar-refractivity contribution is 7.98. The van der Waals surface area contributed by atoms with Gasteiger partial charge in [0.1, 0.15) is 5.60 Å². The van der Waals surface area contributed by atoms with Crippen molar-refractivity contribution < 1.29 is 9.53 Å². The molecule has 2 aliphatic rings. The van der Waals surface area contributed by atoms with Crippen molar-refractivity contribution in [2.24, 2.45) is 5.41 Å². The van der Waals surface area contributed by atoms with E-state index in [1.807, 2.05) is 32.5 Å². The number of thioether (sulfide) groups is 1. The van der Waals surface area contributed by atoms with Gasteiger partial charge in [0.2, 0.25) is 0 Å². The fraction of sp³-hybridized carbons (Fsp3) is 0.938. The minimum absolute atomic E-state index is 0.260. The third-order valence-electron chi connectivity index (χ3n) is 4.60. The zero-order chi connectivity index (χ0) is 15.5. The molecule has 1 amide bonds. The van der Waals surface area contributed by atoms with Crippen LogP contribution in [0.5, 0.6) is 0 Å². The van der Waals surface area contributed by atoms with Crippen LogP contribution in [0.3, 0.4) is 0 Å². The fourth-order valence-electron chi connectivity index (χ4n) is 3.32. The lowest BCUT2D eigenvalue weighted by molar-refractivity contribution is 0.0512. The van der Waals surface area contributed by atoms with Crippen molar-refractivity contribution in [3.63, 3.8) is 0 Å². The van der Waals surface area contributed by atoms with E-state index in [-0.39, 0.29) is 6.09 Å². The third kappa shape index (κ3) is 5.06. The van der Waals surface area contributed by atoms with E-state index in [1.54, 1.807) is 0 Å². The van der Waals surface area contributed by atoms with E-state index in [0.717, 1.165) is 13.0 Å². The molecule has 0 bridgehead atoms. The molecule has 1 spiro atoms. The van der Waals surface area contributed by atoms with Crippen molar-refractivity contribution >= 4 is 17.9 Å². The van der Waals surface area contributed by atoms with Crippen LogP contribution in [-0.4, -0.2) is 42.3 Å². The molecule has 5 heteroatoms. The van der Waals surface area contributed by atoms with Gasteiger partial charge >= 0.3 is 6.09 Å². The maximum atomic E-state index is 11.8. The Morgan fingerprint density at radius 2 is 2.00 bits per heavy atom. The Morgan fingerprint density at radius 3 is 2.57 bits per heavy atom. The zero-order valence-electron chi connectivity index (χ0n) is 13.8. The molecule has 1 atom stereocenters. The summed E-state index contributed by atoms with van der Waals surface area (Å²) in [4.78, 5) is 11.8. The maximum absolute atomic E-state index is 11.8. The summed E-state index contributed by atoms with van der Waals surface area (Å²) in [5.41, 5.74) is -0.0421. The molecule has 4 nitrogen and oxygen atoms in total. The second-order valence-electron chi connectivity index (χ2n) is 7.49. The summed E-state index contributed by atoms with van der Waals surface area (Å²) in [6.45, 7) is 6.82. The van der Waals surface area contributed by atoms with Crippen LogP contribution in [0.1, 0.15) is 52.9 Å². The van der Waals surface area contributed by atoms with Gasteiger partial charge in [-0.3, -0.25) is 0 Å². The van der Waals surface area contributed by atoms with Gasteiger partial charge in [-0.15, -0.1) is 0 Å². The van der Waals surface area contributed by atoms with Crippen LogP contribution in [0.15, 0.2) is 0 Å². The summed E-state index contributed by atoms with van der Waals surface area (Å²) in [5.74, 6) is 1.18. The van der Waals surface area contributed by atoms with Crippen molar-refractivity contribution in [1.29, 1.82) is 0 Å². The Kier molecular flexibility index (Phi) is 5.47. The highest BCUT2D eigenvalue weighted by Gasteiger charge is 2.55. The molecule has 0 aromatic carbocycles. The number of amides is 1. The molecule has 0 aliphatic heterocycles. The van der Waals surface area contributed by atoms with E-state index in [1.165, 1.54) is 31.4 Å². The van der Waals surface area contributed by atoms with Crippen LogP contribution in [0.2, 0.25) is 0 Å². The zero-order valence-corrected chi connectivity index (χ0v) is 14.6. The van der Waals surface area contributed by atoms with E-state index in [4.69, 9.17) is 4.74 Å². The first-order chi connectivity index (χ1) is 9.85. The topological polar surface area (TPSA) is 50.4 Å². The number of carbonyl (C=O) groups is 1. The molecule has 2 N–H and O–H groups in total. The number of alkyl carbamates (subject to hydrolysis) is 1. The first-order valence-corrected chi connectivity index (χ1v) is 9.46. The Morgan fingerprint density at radius 1 is 1.33 bits per heavy atom. The number of nitrogens with one attached hydrogen (secondary N) is 2. The summed E-state index contributed by atoms with van der Waals surface area (Å²) in [6.07, 6.45) is 7.94. The van der Waals surface area contributed by atoms with Gasteiger partial charge in [0.15, 0.2) is 0 Å². The normalized spacial score (nSPS) is 32.0. The van der Waals surface area contributed by atoms with E-state index in [2.05, 4.69) is 16.9 Å². The van der Waals surface area contributed by atoms with E-state index in [9.17, 15) is 4.79 Å². The van der Waals surface area contributed by atoms with Gasteiger partial charge in [-0.2, -0.15) is 11.8 Å². The highest BCUT2D eigenvalue weighted by Crippen LogP contribution is 2.56. The first kappa shape index (κ1) is 16.9. The summed E-state index contributed by atoms with van der Waals surface area (Å²) < 4.78 is 5.34. The number of hydrogen-bond donors (Lipinski definition) is 2. The molecule has 2 rings (SSSR count). The molecule has 0 aromatic rings. The third-order valence-corrected chi connectivity index (χ3v) is 5.21. The summed E-state index contributed by atoms with van der Waals surface area (Å²) in [7, 11) is 0. The monoisotopic (exact) mass is 314 g/mol. The van der Waals surface area contributed by atoms with Crippen molar-refractivity contribution in [2.45, 2.75) is 70.6 Å². The lowest BCUT2D eigenvalue weighted by Crippen LogP contribution is -2.39. The predicted molar refractivity (Wildman–Crippen MR) is 88.8 cm³/mol. The van der Waals surface area contributed by atoms with Crippen molar-refractivity contribution in [2.75, 3.05) is 18.6 Å². The minimum atomic E-state index is -0.412. The SMILES string of the molecule is CSCCNC1CCC2(CC1)CC2NC(=O)OC(C)(C)C. The van der Waals surface area contributed by atoms with E-state index >= 15 is 0 Å². The van der Waals surface area contributed by atoms with Gasteiger partial charge in [-0.05, 0) is 64.5 Å². The Labute approximate surface area is 133 Å². The van der Waals surface area contributed by atoms with Crippen LogP contribution in [0.25, 0.3) is 0 Å². The number of carbonyl (C=O) groups excluding carboxylic acids is 1. The van der Waals surface area contributed by atoms with Gasteiger partial charge in [0, 0.05) is 24.4 Å². The second kappa shape index (κ2) is 6.78. The molecular weight excluding hydrogens is 284 g/mol. The molecule has 0 heterocycles. The average molecular weight is 314 g/mol. The smallest absolute Gasteiger partial charge is 0.407 e. The minimum Gasteiger partial charge on any atom is -0.444 e. The molecule has 0 radical (unpaired) electrons. The molecule has 21 heavy (non-hydrogen) atoms. The molecule has 2 saturated carbocycles. The average Bonchev–Trinajstić information content (AvgIpc) is 3.02. The summed E-state index contributed by atoms with van der Waals surface area (Å²) >= 11 is 1.89. The Balaban J connectivity index is 1.68. The largest absolute Gasteiger partial charge is 0.444 e. The van der Waals surface area contributed by atoms with Gasteiger partial charge in [-0.1, -0.05) is 0 Å². The number of ether oxygens (including phenoxy) is 1. The van der Waals surface area contributed by atoms with Crippen LogP contribution in [0, 0.1) is 5.41 Å². The van der Waals surface area contributed by atoms with Crippen molar-refractivity contribution in [1.82, 2.24) is 10.6 Å². The van der Waals surface area contributed by atoms with E-state index < -0.39 is 5.60 Å². The molecule has 1 unspecified atom stereocenters. The quantitative estimate of drug-likeness (QED) is 0.765. The molecule has 2 aliphatic carbocycles. The summed E-state index contributed by atoms with van der Waals surface area (Å²) in [5, 5.41) is 6.70. The maximum Gasteiger partial charge on any atom is 0.407 e. The van der Waals surface area contributed by atoms with Gasteiger partial charge in [-0.25, -0.2) is 4.79 Å². The van der Waals surface area contributed by atoms with Gasteiger partial charge in [0.05, 0.1) is 0 Å². The van der Waals surface area contributed by atoms with Crippen LogP contribution in [-0.2, 0) is 4.74 Å².